The third-order valence-corrected chi connectivity index (χ3v) is 5.25. The highest BCUT2D eigenvalue weighted by molar-refractivity contribution is 5.77. The van der Waals surface area contributed by atoms with Crippen molar-refractivity contribution < 1.29 is 28.4 Å². The molecular weight excluding hydrogens is 389 g/mol. The third-order valence-electron chi connectivity index (χ3n) is 5.25. The Balaban J connectivity index is 1.77. The molecule has 3 rings (SSSR count). The van der Waals surface area contributed by atoms with Gasteiger partial charge >= 0.3 is 0 Å². The Morgan fingerprint density at radius 1 is 0.967 bits per heavy atom. The van der Waals surface area contributed by atoms with Crippen LogP contribution >= 0.6 is 0 Å². The molecule has 2 aromatic carbocycles. The van der Waals surface area contributed by atoms with Crippen molar-refractivity contribution in [2.45, 2.75) is 25.4 Å². The molecule has 1 aliphatic rings. The van der Waals surface area contributed by atoms with Crippen LogP contribution in [0.2, 0.25) is 0 Å². The first kappa shape index (κ1) is 22.2. The summed E-state index contributed by atoms with van der Waals surface area (Å²) >= 11 is 0. The minimum absolute atomic E-state index is 0.0997. The Hall–Kier alpha value is -2.51. The second-order valence-electron chi connectivity index (χ2n) is 7.38. The van der Waals surface area contributed by atoms with Crippen molar-refractivity contribution in [1.29, 1.82) is 0 Å². The first-order chi connectivity index (χ1) is 14.5. The minimum Gasteiger partial charge on any atom is -0.493 e. The molecule has 0 saturated carbocycles. The van der Waals surface area contributed by atoms with Gasteiger partial charge in [0.1, 0.15) is 24.3 Å². The van der Waals surface area contributed by atoms with Crippen molar-refractivity contribution in [3.05, 3.63) is 36.1 Å². The van der Waals surface area contributed by atoms with Crippen LogP contribution < -0.4 is 18.9 Å². The number of piperidine rings is 1. The predicted molar refractivity (Wildman–Crippen MR) is 113 cm³/mol. The summed E-state index contributed by atoms with van der Waals surface area (Å²) in [7, 11) is 4.59. The van der Waals surface area contributed by atoms with E-state index in [0.717, 1.165) is 25.9 Å². The molecule has 1 atom stereocenters. The van der Waals surface area contributed by atoms with E-state index in [4.69, 9.17) is 18.9 Å². The number of aliphatic hydroxyl groups is 1. The van der Waals surface area contributed by atoms with Gasteiger partial charge in [-0.25, -0.2) is 4.39 Å². The molecule has 0 amide bonds. The van der Waals surface area contributed by atoms with E-state index in [1.807, 2.05) is 0 Å². The first-order valence-electron chi connectivity index (χ1n) is 10.2. The van der Waals surface area contributed by atoms with Gasteiger partial charge in [0, 0.05) is 18.2 Å². The molecule has 30 heavy (non-hydrogen) atoms. The monoisotopic (exact) mass is 419 g/mol. The molecule has 1 heterocycles. The van der Waals surface area contributed by atoms with Crippen LogP contribution in [0.4, 0.5) is 4.39 Å². The van der Waals surface area contributed by atoms with Gasteiger partial charge in [-0.3, -0.25) is 0 Å². The molecule has 1 aliphatic heterocycles. The van der Waals surface area contributed by atoms with Crippen LogP contribution in [0.25, 0.3) is 11.1 Å². The summed E-state index contributed by atoms with van der Waals surface area (Å²) in [6, 6.07) is 7.96. The van der Waals surface area contributed by atoms with Crippen LogP contribution in [0.15, 0.2) is 30.3 Å². The fraction of sp³-hybridized carbons (Fsp3) is 0.478. The van der Waals surface area contributed by atoms with Gasteiger partial charge in [0.2, 0.25) is 5.75 Å². The zero-order chi connectivity index (χ0) is 21.5. The second kappa shape index (κ2) is 10.5. The highest BCUT2D eigenvalue weighted by Gasteiger charge is 2.19. The van der Waals surface area contributed by atoms with Crippen molar-refractivity contribution in [3.8, 4) is 34.1 Å². The van der Waals surface area contributed by atoms with Gasteiger partial charge < -0.3 is 29.0 Å². The largest absolute Gasteiger partial charge is 0.493 e. The van der Waals surface area contributed by atoms with Crippen LogP contribution in [0, 0.1) is 5.82 Å². The molecule has 164 valence electrons. The number of rotatable bonds is 9. The summed E-state index contributed by atoms with van der Waals surface area (Å²) < 4.78 is 36.3. The molecule has 6 nitrogen and oxygen atoms in total. The molecule has 1 saturated heterocycles. The summed E-state index contributed by atoms with van der Waals surface area (Å²) in [4.78, 5) is 2.24. The smallest absolute Gasteiger partial charge is 0.203 e. The maximum Gasteiger partial charge on any atom is 0.203 e. The van der Waals surface area contributed by atoms with Crippen LogP contribution in [0.1, 0.15) is 19.3 Å². The number of methoxy groups -OCH3 is 3. The maximum absolute atomic E-state index is 14.3. The normalized spacial score (nSPS) is 15.5. The van der Waals surface area contributed by atoms with Gasteiger partial charge in [0.05, 0.1) is 21.3 Å². The average molecular weight is 419 g/mol. The number of nitrogens with zero attached hydrogens (tertiary/aromatic N) is 1. The summed E-state index contributed by atoms with van der Waals surface area (Å²) in [5.74, 6) is 1.30. The number of hydrogen-bond donors (Lipinski definition) is 1. The Labute approximate surface area is 177 Å². The zero-order valence-electron chi connectivity index (χ0n) is 17.8. The lowest BCUT2D eigenvalue weighted by atomic mass is 10.0. The summed E-state index contributed by atoms with van der Waals surface area (Å²) in [6.07, 6.45) is 2.93. The molecule has 0 aliphatic carbocycles. The van der Waals surface area contributed by atoms with E-state index < -0.39 is 11.9 Å². The average Bonchev–Trinajstić information content (AvgIpc) is 2.76. The van der Waals surface area contributed by atoms with Gasteiger partial charge in [0.25, 0.3) is 0 Å². The maximum atomic E-state index is 14.3. The minimum atomic E-state index is -0.634. The van der Waals surface area contributed by atoms with Crippen LogP contribution in [0.3, 0.4) is 0 Å². The summed E-state index contributed by atoms with van der Waals surface area (Å²) in [5.41, 5.74) is 1.22. The molecule has 0 aromatic heterocycles. The summed E-state index contributed by atoms with van der Waals surface area (Å²) in [5, 5.41) is 10.3. The van der Waals surface area contributed by atoms with E-state index in [1.54, 1.807) is 25.3 Å². The predicted octanol–water partition coefficient (Wildman–Crippen LogP) is 3.74. The van der Waals surface area contributed by atoms with E-state index in [2.05, 4.69) is 4.90 Å². The Morgan fingerprint density at radius 3 is 2.37 bits per heavy atom. The molecule has 1 fully saturated rings. The van der Waals surface area contributed by atoms with Gasteiger partial charge in [-0.2, -0.15) is 0 Å². The number of benzene rings is 2. The zero-order valence-corrected chi connectivity index (χ0v) is 17.8. The van der Waals surface area contributed by atoms with Gasteiger partial charge in [-0.05, 0) is 55.8 Å². The molecule has 0 radical (unpaired) electrons. The standard InChI is InChI=1S/C23H30FNO5/c1-27-21-8-7-20(22(28-2)23(21)29-3)16-11-17(24)13-19(12-16)30-15-18(26)14-25-9-5-4-6-10-25/h7-8,11-13,18,26H,4-6,9-10,14-15H2,1-3H3. The lowest BCUT2D eigenvalue weighted by Crippen LogP contribution is -2.38. The lowest BCUT2D eigenvalue weighted by molar-refractivity contribution is 0.0616. The van der Waals surface area contributed by atoms with Crippen molar-refractivity contribution in [2.24, 2.45) is 0 Å². The summed E-state index contributed by atoms with van der Waals surface area (Å²) in [6.45, 7) is 2.66. The molecule has 1 unspecified atom stereocenters. The van der Waals surface area contributed by atoms with Crippen LogP contribution in [-0.4, -0.2) is 63.7 Å². The highest BCUT2D eigenvalue weighted by atomic mass is 19.1. The Morgan fingerprint density at radius 2 is 1.70 bits per heavy atom. The highest BCUT2D eigenvalue weighted by Crippen LogP contribution is 2.44. The Kier molecular flexibility index (Phi) is 7.76. The van der Waals surface area contributed by atoms with Crippen molar-refractivity contribution in [3.63, 3.8) is 0 Å². The van der Waals surface area contributed by atoms with Crippen molar-refractivity contribution >= 4 is 0 Å². The number of β-amino-alcohol motifs (C(OH)–C–C–N with tert-alkyl or cyclic N) is 1. The molecule has 0 spiro atoms. The van der Waals surface area contributed by atoms with E-state index in [0.29, 0.717) is 40.7 Å². The van der Waals surface area contributed by atoms with Crippen molar-refractivity contribution in [2.75, 3.05) is 47.6 Å². The third kappa shape index (κ3) is 5.34. The quantitative estimate of drug-likeness (QED) is 0.668. The number of hydrogen-bond acceptors (Lipinski definition) is 6. The first-order valence-corrected chi connectivity index (χ1v) is 10.2. The number of ether oxygens (including phenoxy) is 4. The van der Waals surface area contributed by atoms with Gasteiger partial charge in [-0.1, -0.05) is 6.42 Å². The van der Waals surface area contributed by atoms with E-state index in [9.17, 15) is 9.50 Å². The van der Waals surface area contributed by atoms with Crippen LogP contribution in [0.5, 0.6) is 23.0 Å². The van der Waals surface area contributed by atoms with Crippen LogP contribution in [-0.2, 0) is 0 Å². The SMILES string of the molecule is COc1ccc(-c2cc(F)cc(OCC(O)CN3CCCCC3)c2)c(OC)c1OC. The second-order valence-corrected chi connectivity index (χ2v) is 7.38. The fourth-order valence-corrected chi connectivity index (χ4v) is 3.82. The topological polar surface area (TPSA) is 60.4 Å². The molecule has 2 aromatic rings. The molecule has 7 heteroatoms. The van der Waals surface area contributed by atoms with E-state index >= 15 is 0 Å². The van der Waals surface area contributed by atoms with Crippen molar-refractivity contribution in [1.82, 2.24) is 4.90 Å². The lowest BCUT2D eigenvalue weighted by Gasteiger charge is -2.28. The molecular formula is C23H30FNO5. The number of halogens is 1. The molecule has 1 N–H and O–H groups in total. The number of likely N-dealkylation sites (tertiary alicyclic amines) is 1. The molecule has 0 bridgehead atoms. The van der Waals surface area contributed by atoms with Gasteiger partial charge in [0.15, 0.2) is 11.5 Å². The number of aliphatic hydroxyl groups excluding tert-OH is 1. The van der Waals surface area contributed by atoms with Gasteiger partial charge in [-0.15, -0.1) is 0 Å². The Bertz CT molecular complexity index is 839. The fourth-order valence-electron chi connectivity index (χ4n) is 3.82. The van der Waals surface area contributed by atoms with E-state index in [-0.39, 0.29) is 6.61 Å². The van der Waals surface area contributed by atoms with E-state index in [1.165, 1.54) is 32.8 Å².